The molecule has 0 fully saturated rings. The molecule has 0 spiro atoms. The highest BCUT2D eigenvalue weighted by molar-refractivity contribution is 5.59. The van der Waals surface area contributed by atoms with Gasteiger partial charge < -0.3 is 10.1 Å². The fourth-order valence-electron chi connectivity index (χ4n) is 3.14. The first-order valence-corrected chi connectivity index (χ1v) is 8.80. The number of anilines is 2. The molecule has 0 bridgehead atoms. The summed E-state index contributed by atoms with van der Waals surface area (Å²) < 4.78 is 7.84. The molecule has 0 atom stereocenters. The number of nitrogens with one attached hydrogen (secondary N) is 1. The number of hydrogen-bond acceptors (Lipinski definition) is 5. The molecule has 0 radical (unpaired) electrons. The minimum absolute atomic E-state index is 0.476. The monoisotopic (exact) mass is 359 g/mol. The SMILES string of the molecule is Cc1ccc(Nc2cc(Oc3c(C)cc(C)cc3C)n3ncnc3n2)cc1. The minimum Gasteiger partial charge on any atom is -0.438 e. The molecule has 2 heterocycles. The Morgan fingerprint density at radius 3 is 2.30 bits per heavy atom. The number of ether oxygens (including phenoxy) is 1. The molecule has 0 aliphatic heterocycles. The van der Waals surface area contributed by atoms with Crippen LogP contribution in [0.5, 0.6) is 11.6 Å². The van der Waals surface area contributed by atoms with Crippen LogP contribution in [0.4, 0.5) is 11.5 Å². The molecule has 2 aromatic heterocycles. The maximum absolute atomic E-state index is 6.24. The number of fused-ring (bicyclic) bond motifs is 1. The predicted molar refractivity (Wildman–Crippen MR) is 106 cm³/mol. The minimum atomic E-state index is 0.476. The van der Waals surface area contributed by atoms with Crippen LogP contribution in [0.3, 0.4) is 0 Å². The zero-order chi connectivity index (χ0) is 19.0. The number of aryl methyl sites for hydroxylation is 4. The normalized spacial score (nSPS) is 11.0. The molecule has 2 aromatic carbocycles. The first-order chi connectivity index (χ1) is 13.0. The van der Waals surface area contributed by atoms with E-state index in [-0.39, 0.29) is 0 Å². The van der Waals surface area contributed by atoms with Crippen molar-refractivity contribution in [3.8, 4) is 11.6 Å². The van der Waals surface area contributed by atoms with E-state index in [0.717, 1.165) is 22.6 Å². The van der Waals surface area contributed by atoms with Crippen molar-refractivity contribution in [3.05, 3.63) is 71.0 Å². The van der Waals surface area contributed by atoms with Gasteiger partial charge in [0.1, 0.15) is 17.9 Å². The summed E-state index contributed by atoms with van der Waals surface area (Å²) in [4.78, 5) is 8.73. The lowest BCUT2D eigenvalue weighted by Crippen LogP contribution is -2.03. The Balaban J connectivity index is 1.74. The molecule has 4 rings (SSSR count). The predicted octanol–water partition coefficient (Wildman–Crippen LogP) is 4.89. The first kappa shape index (κ1) is 17.0. The average molecular weight is 359 g/mol. The molecule has 1 N–H and O–H groups in total. The van der Waals surface area contributed by atoms with Crippen molar-refractivity contribution >= 4 is 17.3 Å². The Morgan fingerprint density at radius 1 is 0.889 bits per heavy atom. The molecular weight excluding hydrogens is 338 g/mol. The Morgan fingerprint density at radius 2 is 1.59 bits per heavy atom. The maximum Gasteiger partial charge on any atom is 0.257 e. The quantitative estimate of drug-likeness (QED) is 0.562. The molecule has 0 saturated carbocycles. The summed E-state index contributed by atoms with van der Waals surface area (Å²) in [5, 5.41) is 7.55. The lowest BCUT2D eigenvalue weighted by Gasteiger charge is -2.14. The van der Waals surface area contributed by atoms with Gasteiger partial charge in [-0.25, -0.2) is 0 Å². The van der Waals surface area contributed by atoms with E-state index in [1.807, 2.05) is 44.2 Å². The molecule has 136 valence electrons. The maximum atomic E-state index is 6.24. The van der Waals surface area contributed by atoms with E-state index in [1.165, 1.54) is 17.5 Å². The van der Waals surface area contributed by atoms with Crippen molar-refractivity contribution < 1.29 is 4.74 Å². The first-order valence-electron chi connectivity index (χ1n) is 8.80. The molecule has 6 heteroatoms. The largest absolute Gasteiger partial charge is 0.438 e. The van der Waals surface area contributed by atoms with E-state index in [4.69, 9.17) is 4.74 Å². The number of nitrogens with zero attached hydrogens (tertiary/aromatic N) is 4. The smallest absolute Gasteiger partial charge is 0.257 e. The van der Waals surface area contributed by atoms with Crippen LogP contribution in [0.1, 0.15) is 22.3 Å². The highest BCUT2D eigenvalue weighted by Crippen LogP contribution is 2.31. The Bertz CT molecular complexity index is 1090. The van der Waals surface area contributed by atoms with Crippen LogP contribution in [0.15, 0.2) is 48.8 Å². The Labute approximate surface area is 157 Å². The molecule has 0 aliphatic rings. The van der Waals surface area contributed by atoms with Crippen LogP contribution in [0.25, 0.3) is 5.78 Å². The van der Waals surface area contributed by atoms with Crippen LogP contribution in [0.2, 0.25) is 0 Å². The summed E-state index contributed by atoms with van der Waals surface area (Å²) in [6.07, 6.45) is 1.47. The highest BCUT2D eigenvalue weighted by atomic mass is 16.5. The van der Waals surface area contributed by atoms with Gasteiger partial charge in [0.15, 0.2) is 0 Å². The van der Waals surface area contributed by atoms with Gasteiger partial charge in [-0.15, -0.1) is 0 Å². The fraction of sp³-hybridized carbons (Fsp3) is 0.190. The van der Waals surface area contributed by atoms with Gasteiger partial charge in [-0.05, 0) is 51.0 Å². The van der Waals surface area contributed by atoms with Gasteiger partial charge in [0.2, 0.25) is 5.88 Å². The van der Waals surface area contributed by atoms with E-state index in [1.54, 1.807) is 4.52 Å². The van der Waals surface area contributed by atoms with Gasteiger partial charge in [-0.3, -0.25) is 0 Å². The van der Waals surface area contributed by atoms with Crippen LogP contribution in [0, 0.1) is 27.7 Å². The van der Waals surface area contributed by atoms with Crippen molar-refractivity contribution in [1.82, 2.24) is 19.6 Å². The lowest BCUT2D eigenvalue weighted by atomic mass is 10.1. The standard InChI is InChI=1S/C21H21N5O/c1-13-5-7-17(8-6-13)24-18-11-19(26-21(25-18)22-12-23-26)27-20-15(3)9-14(2)10-16(20)4/h5-12H,1-4H3,(H,22,23,24,25). The molecular formula is C21H21N5O. The highest BCUT2D eigenvalue weighted by Gasteiger charge is 2.13. The van der Waals surface area contributed by atoms with Crippen molar-refractivity contribution in [3.63, 3.8) is 0 Å². The summed E-state index contributed by atoms with van der Waals surface area (Å²) in [6, 6.07) is 14.2. The third kappa shape index (κ3) is 3.46. The molecule has 4 aromatic rings. The van der Waals surface area contributed by atoms with Crippen molar-refractivity contribution in [2.24, 2.45) is 0 Å². The van der Waals surface area contributed by atoms with Crippen molar-refractivity contribution in [2.75, 3.05) is 5.32 Å². The van der Waals surface area contributed by atoms with Crippen LogP contribution >= 0.6 is 0 Å². The van der Waals surface area contributed by atoms with Crippen LogP contribution < -0.4 is 10.1 Å². The van der Waals surface area contributed by atoms with Crippen molar-refractivity contribution in [2.45, 2.75) is 27.7 Å². The Hall–Kier alpha value is -3.41. The van der Waals surface area contributed by atoms with E-state index >= 15 is 0 Å². The van der Waals surface area contributed by atoms with Crippen LogP contribution in [-0.4, -0.2) is 19.6 Å². The molecule has 6 nitrogen and oxygen atoms in total. The number of hydrogen-bond donors (Lipinski definition) is 1. The topological polar surface area (TPSA) is 64.3 Å². The van der Waals surface area contributed by atoms with E-state index in [2.05, 4.69) is 46.4 Å². The summed E-state index contributed by atoms with van der Waals surface area (Å²) in [5.74, 6) is 2.51. The summed E-state index contributed by atoms with van der Waals surface area (Å²) in [7, 11) is 0. The van der Waals surface area contributed by atoms with Crippen molar-refractivity contribution in [1.29, 1.82) is 0 Å². The van der Waals surface area contributed by atoms with Gasteiger partial charge in [-0.2, -0.15) is 19.6 Å². The molecule has 27 heavy (non-hydrogen) atoms. The summed E-state index contributed by atoms with van der Waals surface area (Å²) in [5.41, 5.74) is 5.51. The zero-order valence-electron chi connectivity index (χ0n) is 15.8. The second-order valence-corrected chi connectivity index (χ2v) is 6.77. The third-order valence-corrected chi connectivity index (χ3v) is 4.35. The number of benzene rings is 2. The second kappa shape index (κ2) is 6.72. The second-order valence-electron chi connectivity index (χ2n) is 6.77. The van der Waals surface area contributed by atoms with E-state index in [0.29, 0.717) is 17.5 Å². The molecule has 0 unspecified atom stereocenters. The van der Waals surface area contributed by atoms with Gasteiger partial charge in [0.05, 0.1) is 0 Å². The zero-order valence-corrected chi connectivity index (χ0v) is 15.8. The van der Waals surface area contributed by atoms with Crippen LogP contribution in [-0.2, 0) is 0 Å². The van der Waals surface area contributed by atoms with Gasteiger partial charge in [0, 0.05) is 11.8 Å². The Kier molecular flexibility index (Phi) is 4.24. The number of rotatable bonds is 4. The average Bonchev–Trinajstić information content (AvgIpc) is 3.08. The molecule has 0 saturated heterocycles. The van der Waals surface area contributed by atoms with Gasteiger partial charge >= 0.3 is 0 Å². The van der Waals surface area contributed by atoms with Gasteiger partial charge in [0.25, 0.3) is 5.78 Å². The van der Waals surface area contributed by atoms with E-state index < -0.39 is 0 Å². The summed E-state index contributed by atoms with van der Waals surface area (Å²) in [6.45, 7) is 8.22. The van der Waals surface area contributed by atoms with Gasteiger partial charge in [-0.1, -0.05) is 35.4 Å². The summed E-state index contributed by atoms with van der Waals surface area (Å²) >= 11 is 0. The lowest BCUT2D eigenvalue weighted by molar-refractivity contribution is 0.440. The van der Waals surface area contributed by atoms with E-state index in [9.17, 15) is 0 Å². The fourth-order valence-corrected chi connectivity index (χ4v) is 3.14. The number of aromatic nitrogens is 4. The molecule has 0 amide bonds. The molecule has 0 aliphatic carbocycles. The third-order valence-electron chi connectivity index (χ3n) is 4.35.